The summed E-state index contributed by atoms with van der Waals surface area (Å²) in [6, 6.07) is 14.4. The van der Waals surface area contributed by atoms with E-state index in [1.165, 1.54) is 0 Å². The fourth-order valence-electron chi connectivity index (χ4n) is 1.96. The van der Waals surface area contributed by atoms with Crippen LogP contribution in [0.3, 0.4) is 0 Å². The van der Waals surface area contributed by atoms with E-state index in [1.54, 1.807) is 24.3 Å². The van der Waals surface area contributed by atoms with Crippen LogP contribution in [0.15, 0.2) is 48.5 Å². The number of rotatable bonds is 5. The Morgan fingerprint density at radius 1 is 1.10 bits per heavy atom. The Morgan fingerprint density at radius 3 is 2.57 bits per heavy atom. The fraction of sp³-hybridized carbons (Fsp3) is 0.125. The molecule has 2 rings (SSSR count). The molecular formula is C16H17N3O2. The topological polar surface area (TPSA) is 84.2 Å². The maximum absolute atomic E-state index is 11.9. The first kappa shape index (κ1) is 14.6. The van der Waals surface area contributed by atoms with Crippen LogP contribution in [0.5, 0.6) is 0 Å². The number of aryl methyl sites for hydroxylation is 1. The lowest BCUT2D eigenvalue weighted by Crippen LogP contribution is -2.23. The van der Waals surface area contributed by atoms with Gasteiger partial charge in [-0.25, -0.2) is 0 Å². The first-order valence-electron chi connectivity index (χ1n) is 6.55. The van der Waals surface area contributed by atoms with E-state index in [4.69, 9.17) is 5.73 Å². The zero-order chi connectivity index (χ0) is 15.2. The van der Waals surface area contributed by atoms with Crippen LogP contribution >= 0.6 is 0 Å². The van der Waals surface area contributed by atoms with Gasteiger partial charge in [0.1, 0.15) is 0 Å². The molecule has 0 unspecified atom stereocenters. The van der Waals surface area contributed by atoms with Crippen LogP contribution < -0.4 is 16.4 Å². The third-order valence-corrected chi connectivity index (χ3v) is 2.93. The molecule has 0 saturated heterocycles. The molecule has 0 aliphatic carbocycles. The Morgan fingerprint density at radius 2 is 1.86 bits per heavy atom. The monoisotopic (exact) mass is 283 g/mol. The number of carbonyl (C=O) groups excluding carboxylic acids is 2. The van der Waals surface area contributed by atoms with Crippen molar-refractivity contribution < 1.29 is 9.59 Å². The van der Waals surface area contributed by atoms with Gasteiger partial charge in [0, 0.05) is 11.4 Å². The van der Waals surface area contributed by atoms with Crippen LogP contribution in [0.1, 0.15) is 15.9 Å². The number of nitrogens with one attached hydrogen (secondary N) is 2. The Kier molecular flexibility index (Phi) is 4.56. The lowest BCUT2D eigenvalue weighted by atomic mass is 10.1. The minimum Gasteiger partial charge on any atom is -0.376 e. The summed E-state index contributed by atoms with van der Waals surface area (Å²) >= 11 is 0. The molecular weight excluding hydrogens is 266 g/mol. The average Bonchev–Trinajstić information content (AvgIpc) is 2.45. The molecule has 0 fully saturated rings. The number of anilines is 2. The van der Waals surface area contributed by atoms with Gasteiger partial charge in [0.15, 0.2) is 0 Å². The molecule has 2 amide bonds. The van der Waals surface area contributed by atoms with Gasteiger partial charge in [0.2, 0.25) is 5.91 Å². The van der Waals surface area contributed by atoms with Crippen LogP contribution in [0.25, 0.3) is 0 Å². The molecule has 0 spiro atoms. The van der Waals surface area contributed by atoms with E-state index >= 15 is 0 Å². The molecule has 0 atom stereocenters. The van der Waals surface area contributed by atoms with Gasteiger partial charge < -0.3 is 16.4 Å². The van der Waals surface area contributed by atoms with E-state index in [2.05, 4.69) is 10.6 Å². The molecule has 5 heteroatoms. The summed E-state index contributed by atoms with van der Waals surface area (Å²) in [7, 11) is 0. The second kappa shape index (κ2) is 6.56. The molecule has 108 valence electrons. The Hall–Kier alpha value is -2.82. The van der Waals surface area contributed by atoms with Crippen molar-refractivity contribution in [3.63, 3.8) is 0 Å². The van der Waals surface area contributed by atoms with Crippen LogP contribution in [-0.2, 0) is 4.79 Å². The molecule has 2 aromatic carbocycles. The van der Waals surface area contributed by atoms with Gasteiger partial charge in [-0.1, -0.05) is 24.3 Å². The van der Waals surface area contributed by atoms with Gasteiger partial charge in [0.25, 0.3) is 5.91 Å². The number of carbonyl (C=O) groups is 2. The third kappa shape index (κ3) is 4.07. The molecule has 2 aromatic rings. The smallest absolute Gasteiger partial charge is 0.250 e. The number of benzene rings is 2. The molecule has 4 N–H and O–H groups in total. The Bertz CT molecular complexity index is 668. The number of primary amides is 1. The maximum Gasteiger partial charge on any atom is 0.250 e. The van der Waals surface area contributed by atoms with E-state index in [1.807, 2.05) is 31.2 Å². The highest BCUT2D eigenvalue weighted by Crippen LogP contribution is 2.14. The lowest BCUT2D eigenvalue weighted by molar-refractivity contribution is -0.114. The minimum atomic E-state index is -0.530. The second-order valence-corrected chi connectivity index (χ2v) is 4.68. The molecule has 0 saturated carbocycles. The van der Waals surface area contributed by atoms with Gasteiger partial charge in [-0.3, -0.25) is 9.59 Å². The van der Waals surface area contributed by atoms with Crippen LogP contribution in [-0.4, -0.2) is 18.4 Å². The van der Waals surface area contributed by atoms with Crippen molar-refractivity contribution in [1.29, 1.82) is 0 Å². The van der Waals surface area contributed by atoms with Gasteiger partial charge >= 0.3 is 0 Å². The van der Waals surface area contributed by atoms with Crippen molar-refractivity contribution in [2.75, 3.05) is 17.2 Å². The van der Waals surface area contributed by atoms with Crippen molar-refractivity contribution in [3.8, 4) is 0 Å². The van der Waals surface area contributed by atoms with Gasteiger partial charge in [-0.05, 0) is 36.8 Å². The predicted molar refractivity (Wildman–Crippen MR) is 83.3 cm³/mol. The summed E-state index contributed by atoms with van der Waals surface area (Å²) in [6.07, 6.45) is 0. The quantitative estimate of drug-likeness (QED) is 0.786. The highest BCUT2D eigenvalue weighted by atomic mass is 16.2. The minimum absolute atomic E-state index is 0.0538. The summed E-state index contributed by atoms with van der Waals surface area (Å²) in [4.78, 5) is 23.2. The maximum atomic E-state index is 11.9. The molecule has 0 aromatic heterocycles. The normalized spacial score (nSPS) is 9.95. The van der Waals surface area contributed by atoms with E-state index in [-0.39, 0.29) is 12.5 Å². The zero-order valence-corrected chi connectivity index (χ0v) is 11.7. The van der Waals surface area contributed by atoms with Crippen molar-refractivity contribution >= 4 is 23.2 Å². The molecule has 21 heavy (non-hydrogen) atoms. The van der Waals surface area contributed by atoms with Crippen LogP contribution in [0.2, 0.25) is 0 Å². The van der Waals surface area contributed by atoms with E-state index < -0.39 is 5.91 Å². The summed E-state index contributed by atoms with van der Waals surface area (Å²) in [5.41, 5.74) is 8.00. The molecule has 0 radical (unpaired) electrons. The molecule has 5 nitrogen and oxygen atoms in total. The zero-order valence-electron chi connectivity index (χ0n) is 11.7. The summed E-state index contributed by atoms with van der Waals surface area (Å²) < 4.78 is 0. The summed E-state index contributed by atoms with van der Waals surface area (Å²) in [6.45, 7) is 2.01. The third-order valence-electron chi connectivity index (χ3n) is 2.93. The standard InChI is InChI=1S/C16H17N3O2/c1-11-5-4-6-12(9-11)19-15(20)10-18-14-8-3-2-7-13(14)16(17)21/h2-9,18H,10H2,1H3,(H2,17,21)(H,19,20). The first-order chi connectivity index (χ1) is 10.1. The summed E-state index contributed by atoms with van der Waals surface area (Å²) in [5.74, 6) is -0.725. The molecule has 0 bridgehead atoms. The van der Waals surface area contributed by atoms with Crippen molar-refractivity contribution in [3.05, 3.63) is 59.7 Å². The van der Waals surface area contributed by atoms with Crippen molar-refractivity contribution in [1.82, 2.24) is 0 Å². The second-order valence-electron chi connectivity index (χ2n) is 4.68. The number of hydrogen-bond acceptors (Lipinski definition) is 3. The van der Waals surface area contributed by atoms with Crippen molar-refractivity contribution in [2.24, 2.45) is 5.73 Å². The van der Waals surface area contributed by atoms with Gasteiger partial charge in [-0.15, -0.1) is 0 Å². The van der Waals surface area contributed by atoms with Gasteiger partial charge in [-0.2, -0.15) is 0 Å². The summed E-state index contributed by atoms with van der Waals surface area (Å²) in [5, 5.41) is 5.70. The Balaban J connectivity index is 1.97. The lowest BCUT2D eigenvalue weighted by Gasteiger charge is -2.10. The Labute approximate surface area is 123 Å². The highest BCUT2D eigenvalue weighted by molar-refractivity contribution is 6.00. The fourth-order valence-corrected chi connectivity index (χ4v) is 1.96. The molecule has 0 heterocycles. The first-order valence-corrected chi connectivity index (χ1v) is 6.55. The SMILES string of the molecule is Cc1cccc(NC(=O)CNc2ccccc2C(N)=O)c1. The molecule has 0 aliphatic heterocycles. The van der Waals surface area contributed by atoms with E-state index in [9.17, 15) is 9.59 Å². The number of amides is 2. The number of para-hydroxylation sites is 1. The van der Waals surface area contributed by atoms with E-state index in [0.717, 1.165) is 11.3 Å². The highest BCUT2D eigenvalue weighted by Gasteiger charge is 2.08. The average molecular weight is 283 g/mol. The molecule has 0 aliphatic rings. The predicted octanol–water partition coefficient (Wildman–Crippen LogP) is 2.14. The van der Waals surface area contributed by atoms with Gasteiger partial charge in [0.05, 0.1) is 12.1 Å². The number of hydrogen-bond donors (Lipinski definition) is 3. The van der Waals surface area contributed by atoms with E-state index in [0.29, 0.717) is 11.3 Å². The van der Waals surface area contributed by atoms with Crippen LogP contribution in [0.4, 0.5) is 11.4 Å². The van der Waals surface area contributed by atoms with Crippen LogP contribution in [0, 0.1) is 6.92 Å². The van der Waals surface area contributed by atoms with Crippen molar-refractivity contribution in [2.45, 2.75) is 6.92 Å². The largest absolute Gasteiger partial charge is 0.376 e. The number of nitrogens with two attached hydrogens (primary N) is 1.